The normalized spacial score (nSPS) is 14.7. The molecule has 0 heterocycles. The Morgan fingerprint density at radius 2 is 1.88 bits per heavy atom. The van der Waals surface area contributed by atoms with Gasteiger partial charge in [-0.1, -0.05) is 0 Å². The highest BCUT2D eigenvalue weighted by molar-refractivity contribution is 7.98. The summed E-state index contributed by atoms with van der Waals surface area (Å²) in [6.07, 6.45) is 2.02. The van der Waals surface area contributed by atoms with Crippen LogP contribution in [0.25, 0.3) is 0 Å². The van der Waals surface area contributed by atoms with Crippen LogP contribution in [0.2, 0.25) is 0 Å². The lowest BCUT2D eigenvalue weighted by atomic mass is 10.0. The Labute approximate surface area is 106 Å². The van der Waals surface area contributed by atoms with E-state index in [-0.39, 0.29) is 23.7 Å². The van der Waals surface area contributed by atoms with Crippen molar-refractivity contribution in [2.24, 2.45) is 0 Å². The molecule has 0 aromatic heterocycles. The van der Waals surface area contributed by atoms with Crippen LogP contribution < -0.4 is 5.32 Å². The maximum atomic E-state index is 13.7. The van der Waals surface area contributed by atoms with Gasteiger partial charge in [-0.05, 0) is 44.7 Å². The first-order valence-electron chi connectivity index (χ1n) is 5.66. The van der Waals surface area contributed by atoms with Gasteiger partial charge in [0.2, 0.25) is 0 Å². The molecule has 0 saturated heterocycles. The number of nitrogens with one attached hydrogen (secondary N) is 1. The molecule has 4 heteroatoms. The molecule has 1 rings (SSSR count). The van der Waals surface area contributed by atoms with Crippen molar-refractivity contribution in [3.63, 3.8) is 0 Å². The van der Waals surface area contributed by atoms with Gasteiger partial charge in [-0.15, -0.1) is 0 Å². The predicted molar refractivity (Wildman–Crippen MR) is 70.5 cm³/mol. The maximum Gasteiger partial charge on any atom is 0.128 e. The van der Waals surface area contributed by atoms with E-state index in [1.165, 1.54) is 12.1 Å². The lowest BCUT2D eigenvalue weighted by Gasteiger charge is -2.20. The second-order valence-electron chi connectivity index (χ2n) is 4.37. The van der Waals surface area contributed by atoms with Gasteiger partial charge in [0.15, 0.2) is 0 Å². The molecule has 1 aromatic carbocycles. The van der Waals surface area contributed by atoms with Gasteiger partial charge in [0.05, 0.1) is 0 Å². The summed E-state index contributed by atoms with van der Waals surface area (Å²) < 4.78 is 27.1. The standard InChI is InChI=1S/C13H19F2NS/c1-8-5-13(15)11(6-12(8)14)10(3)16-9(2)7-17-4/h5-6,9-10,16H,7H2,1-4H3. The van der Waals surface area contributed by atoms with E-state index in [4.69, 9.17) is 0 Å². The van der Waals surface area contributed by atoms with Gasteiger partial charge in [-0.3, -0.25) is 0 Å². The van der Waals surface area contributed by atoms with Crippen LogP contribution in [0.4, 0.5) is 8.78 Å². The molecule has 0 aliphatic carbocycles. The van der Waals surface area contributed by atoms with Crippen LogP contribution >= 0.6 is 11.8 Å². The van der Waals surface area contributed by atoms with Crippen LogP contribution in [0.5, 0.6) is 0 Å². The lowest BCUT2D eigenvalue weighted by molar-refractivity contribution is 0.481. The fourth-order valence-corrected chi connectivity index (χ4v) is 2.40. The lowest BCUT2D eigenvalue weighted by Crippen LogP contribution is -2.31. The number of thioether (sulfide) groups is 1. The Morgan fingerprint density at radius 3 is 2.47 bits per heavy atom. The highest BCUT2D eigenvalue weighted by Gasteiger charge is 2.15. The third-order valence-corrected chi connectivity index (χ3v) is 3.53. The van der Waals surface area contributed by atoms with Gasteiger partial charge in [-0.25, -0.2) is 8.78 Å². The third-order valence-electron chi connectivity index (χ3n) is 2.70. The monoisotopic (exact) mass is 259 g/mol. The van der Waals surface area contributed by atoms with E-state index in [0.29, 0.717) is 11.1 Å². The molecular weight excluding hydrogens is 240 g/mol. The van der Waals surface area contributed by atoms with E-state index in [1.54, 1.807) is 18.7 Å². The van der Waals surface area contributed by atoms with E-state index in [2.05, 4.69) is 5.32 Å². The summed E-state index contributed by atoms with van der Waals surface area (Å²) in [5.41, 5.74) is 0.733. The fraction of sp³-hybridized carbons (Fsp3) is 0.538. The van der Waals surface area contributed by atoms with Crippen LogP contribution in [-0.2, 0) is 0 Å². The van der Waals surface area contributed by atoms with Crippen molar-refractivity contribution < 1.29 is 8.78 Å². The average Bonchev–Trinajstić information content (AvgIpc) is 2.23. The molecule has 0 fully saturated rings. The molecule has 0 saturated carbocycles. The van der Waals surface area contributed by atoms with E-state index < -0.39 is 0 Å². The summed E-state index contributed by atoms with van der Waals surface area (Å²) in [4.78, 5) is 0. The number of hydrogen-bond donors (Lipinski definition) is 1. The minimum Gasteiger partial charge on any atom is -0.307 e. The van der Waals surface area contributed by atoms with Crippen LogP contribution in [0.3, 0.4) is 0 Å². The number of rotatable bonds is 5. The summed E-state index contributed by atoms with van der Waals surface area (Å²) in [7, 11) is 0. The number of aryl methyl sites for hydroxylation is 1. The molecule has 2 atom stereocenters. The van der Waals surface area contributed by atoms with Crippen molar-refractivity contribution in [3.8, 4) is 0 Å². The Morgan fingerprint density at radius 1 is 1.24 bits per heavy atom. The third kappa shape index (κ3) is 3.96. The molecule has 96 valence electrons. The Balaban J connectivity index is 2.81. The molecule has 0 amide bonds. The minimum atomic E-state index is -0.354. The molecule has 2 unspecified atom stereocenters. The molecule has 0 aliphatic rings. The minimum absolute atomic E-state index is 0.188. The maximum absolute atomic E-state index is 13.7. The topological polar surface area (TPSA) is 12.0 Å². The zero-order chi connectivity index (χ0) is 13.0. The zero-order valence-corrected chi connectivity index (χ0v) is 11.5. The summed E-state index contributed by atoms with van der Waals surface area (Å²) >= 11 is 1.73. The Bertz CT molecular complexity index is 382. The number of hydrogen-bond acceptors (Lipinski definition) is 2. The van der Waals surface area contributed by atoms with Crippen molar-refractivity contribution in [1.82, 2.24) is 5.32 Å². The Hall–Kier alpha value is -0.610. The fourth-order valence-electron chi connectivity index (χ4n) is 1.81. The first-order chi connectivity index (χ1) is 7.95. The van der Waals surface area contributed by atoms with Crippen molar-refractivity contribution in [3.05, 3.63) is 34.9 Å². The summed E-state index contributed by atoms with van der Waals surface area (Å²) in [5.74, 6) is 0.244. The van der Waals surface area contributed by atoms with E-state index >= 15 is 0 Å². The molecule has 0 bridgehead atoms. The summed E-state index contributed by atoms with van der Waals surface area (Å²) in [6, 6.07) is 2.62. The SMILES string of the molecule is CSCC(C)NC(C)c1cc(F)c(C)cc1F. The highest BCUT2D eigenvalue weighted by Crippen LogP contribution is 2.21. The van der Waals surface area contributed by atoms with E-state index in [0.717, 1.165) is 5.75 Å². The number of halogens is 2. The molecule has 0 aliphatic heterocycles. The Kier molecular flexibility index (Phi) is 5.40. The van der Waals surface area contributed by atoms with Crippen LogP contribution in [0.15, 0.2) is 12.1 Å². The van der Waals surface area contributed by atoms with Gasteiger partial charge in [0.25, 0.3) is 0 Å². The van der Waals surface area contributed by atoms with Gasteiger partial charge in [-0.2, -0.15) is 11.8 Å². The second kappa shape index (κ2) is 6.36. The molecule has 1 nitrogen and oxygen atoms in total. The summed E-state index contributed by atoms with van der Waals surface area (Å²) in [6.45, 7) is 5.45. The van der Waals surface area contributed by atoms with Crippen LogP contribution in [0.1, 0.15) is 31.0 Å². The smallest absolute Gasteiger partial charge is 0.128 e. The quantitative estimate of drug-likeness (QED) is 0.865. The summed E-state index contributed by atoms with van der Waals surface area (Å²) in [5, 5.41) is 3.26. The first-order valence-corrected chi connectivity index (χ1v) is 7.05. The largest absolute Gasteiger partial charge is 0.307 e. The molecule has 0 radical (unpaired) electrons. The van der Waals surface area contributed by atoms with Crippen molar-refractivity contribution >= 4 is 11.8 Å². The predicted octanol–water partition coefficient (Wildman–Crippen LogP) is 3.68. The van der Waals surface area contributed by atoms with Gasteiger partial charge in [0.1, 0.15) is 11.6 Å². The van der Waals surface area contributed by atoms with Crippen molar-refractivity contribution in [2.45, 2.75) is 32.9 Å². The van der Waals surface area contributed by atoms with E-state index in [1.807, 2.05) is 20.1 Å². The number of benzene rings is 1. The van der Waals surface area contributed by atoms with Crippen LogP contribution in [-0.4, -0.2) is 18.1 Å². The van der Waals surface area contributed by atoms with Crippen LogP contribution in [0, 0.1) is 18.6 Å². The average molecular weight is 259 g/mol. The molecule has 1 aromatic rings. The highest BCUT2D eigenvalue weighted by atomic mass is 32.2. The second-order valence-corrected chi connectivity index (χ2v) is 5.28. The molecule has 1 N–H and O–H groups in total. The van der Waals surface area contributed by atoms with Crippen molar-refractivity contribution in [1.29, 1.82) is 0 Å². The van der Waals surface area contributed by atoms with E-state index in [9.17, 15) is 8.78 Å². The zero-order valence-electron chi connectivity index (χ0n) is 10.7. The molecular formula is C13H19F2NS. The molecule has 0 spiro atoms. The molecule has 17 heavy (non-hydrogen) atoms. The van der Waals surface area contributed by atoms with Crippen molar-refractivity contribution in [2.75, 3.05) is 12.0 Å². The van der Waals surface area contributed by atoms with Gasteiger partial charge >= 0.3 is 0 Å². The first kappa shape index (κ1) is 14.5. The van der Waals surface area contributed by atoms with Gasteiger partial charge < -0.3 is 5.32 Å². The van der Waals surface area contributed by atoms with Gasteiger partial charge in [0, 0.05) is 23.4 Å².